The van der Waals surface area contributed by atoms with Gasteiger partial charge in [0.05, 0.1) is 64.8 Å². The van der Waals surface area contributed by atoms with Crippen LogP contribution in [0.5, 0.6) is 0 Å². The maximum Gasteiger partial charge on any atom is 4.00 e. The average Bonchev–Trinajstić information content (AvgIpc) is 3.12. The Hall–Kier alpha value is -3.42. The number of carbonyl (C=O) groups is 2. The monoisotopic (exact) mass is 788 g/mol. The molecule has 0 bridgehead atoms. The van der Waals surface area contributed by atoms with E-state index in [1.165, 1.54) is 48.5 Å². The van der Waals surface area contributed by atoms with Crippen LogP contribution in [0, 0.1) is 10.8 Å². The molecule has 0 amide bonds. The number of benzene rings is 2. The van der Waals surface area contributed by atoms with E-state index in [9.17, 15) is 30.0 Å². The van der Waals surface area contributed by atoms with E-state index in [1.54, 1.807) is 24.3 Å². The number of carbonyl (C=O) groups excluding carboxylic acids is 2. The van der Waals surface area contributed by atoms with Gasteiger partial charge in [0, 0.05) is 22.2 Å². The van der Waals surface area contributed by atoms with Gasteiger partial charge in [0.15, 0.2) is 0 Å². The minimum absolute atomic E-state index is 0. The van der Waals surface area contributed by atoms with Gasteiger partial charge < -0.3 is 60.4 Å². The Bertz CT molecular complexity index is 1090. The summed E-state index contributed by atoms with van der Waals surface area (Å²) >= 11 is 0. The number of ether oxygens (including phenoxy) is 4. The number of nitrogen functional groups attached to an aromatic ring is 2. The molecular weight excluding hydrogens is 736 g/mol. The van der Waals surface area contributed by atoms with Crippen LogP contribution in [0.1, 0.15) is 47.4 Å². The summed E-state index contributed by atoms with van der Waals surface area (Å²) in [6.07, 6.45) is 8.22. The van der Waals surface area contributed by atoms with Crippen molar-refractivity contribution in [1.29, 1.82) is 0 Å². The van der Waals surface area contributed by atoms with Crippen LogP contribution < -0.4 is 31.9 Å². The molecule has 0 aromatic heterocycles. The SMILES string of the molecule is C=CCOCC(CC)(C[O-])COCC=C.C=CCOCC(CC)(C[O-])COCC=C.Nc1ccc(C(=O)[O-])cc1.Nc1ccc(C(=O)[O-])cc1.[Zr+4]. The smallest absolute Gasteiger partial charge is 0.854 e. The van der Waals surface area contributed by atoms with Gasteiger partial charge in [-0.15, -0.1) is 39.5 Å². The Balaban J connectivity index is -0.000000607. The maximum atomic E-state index is 11.2. The molecule has 4 N–H and O–H groups in total. The largest absolute Gasteiger partial charge is 4.00 e. The first-order valence-electron chi connectivity index (χ1n) is 15.9. The molecule has 12 nitrogen and oxygen atoms in total. The van der Waals surface area contributed by atoms with Crippen LogP contribution in [0.3, 0.4) is 0 Å². The molecule has 0 spiro atoms. The second-order valence-electron chi connectivity index (χ2n) is 11.0. The molecule has 280 valence electrons. The topological polar surface area (TPSA) is 215 Å². The third-order valence-corrected chi connectivity index (χ3v) is 6.98. The molecule has 0 aliphatic carbocycles. The second-order valence-corrected chi connectivity index (χ2v) is 11.0. The molecule has 0 unspecified atom stereocenters. The standard InChI is InChI=1S/2C12H21O3.2C7H7NO2.Zr/c2*1-4-7-14-10-12(6-3,9-13)11-15-8-5-2;2*8-6-3-1-5(2-4-6)7(9)10;/h2*4-5H,1-2,6-11H2,3H3;2*1-4H,8H2,(H,9,10);/q2*-1;;;+4/p-2. The van der Waals surface area contributed by atoms with Gasteiger partial charge in [0.25, 0.3) is 0 Å². The minimum atomic E-state index is -1.18. The molecular formula is C38H54N2O10Zr. The molecule has 2 rings (SSSR count). The van der Waals surface area contributed by atoms with Crippen molar-refractivity contribution in [2.24, 2.45) is 10.8 Å². The molecule has 51 heavy (non-hydrogen) atoms. The number of nitrogens with two attached hydrogens (primary N) is 2. The zero-order valence-electron chi connectivity index (χ0n) is 30.0. The minimum Gasteiger partial charge on any atom is -0.854 e. The summed E-state index contributed by atoms with van der Waals surface area (Å²) in [7, 11) is 0. The fraction of sp³-hybridized carbons (Fsp3) is 0.421. The average molecular weight is 790 g/mol. The quantitative estimate of drug-likeness (QED) is 0.0988. The van der Waals surface area contributed by atoms with Crippen LogP contribution in [0.15, 0.2) is 99.2 Å². The van der Waals surface area contributed by atoms with E-state index in [0.29, 0.717) is 64.2 Å². The van der Waals surface area contributed by atoms with Crippen molar-refractivity contribution in [3.63, 3.8) is 0 Å². The van der Waals surface area contributed by atoms with Gasteiger partial charge in [-0.1, -0.05) is 62.4 Å². The van der Waals surface area contributed by atoms with E-state index >= 15 is 0 Å². The Morgan fingerprint density at radius 2 is 0.824 bits per heavy atom. The number of carboxylic acids is 2. The van der Waals surface area contributed by atoms with Crippen LogP contribution in [-0.4, -0.2) is 78.0 Å². The van der Waals surface area contributed by atoms with E-state index in [4.69, 9.17) is 30.4 Å². The van der Waals surface area contributed by atoms with Crippen molar-refractivity contribution in [2.75, 3.05) is 77.5 Å². The van der Waals surface area contributed by atoms with Gasteiger partial charge >= 0.3 is 26.2 Å². The van der Waals surface area contributed by atoms with Crippen molar-refractivity contribution in [2.45, 2.75) is 26.7 Å². The first-order valence-corrected chi connectivity index (χ1v) is 15.9. The van der Waals surface area contributed by atoms with Crippen LogP contribution >= 0.6 is 0 Å². The Morgan fingerprint density at radius 3 is 0.980 bits per heavy atom. The predicted molar refractivity (Wildman–Crippen MR) is 190 cm³/mol. The van der Waals surface area contributed by atoms with Gasteiger partial charge in [-0.2, -0.15) is 0 Å². The summed E-state index contributed by atoms with van der Waals surface area (Å²) in [6.45, 7) is 21.4. The van der Waals surface area contributed by atoms with Gasteiger partial charge in [-0.3, -0.25) is 0 Å². The fourth-order valence-corrected chi connectivity index (χ4v) is 3.54. The number of hydrogen-bond acceptors (Lipinski definition) is 12. The molecule has 0 radical (unpaired) electrons. The van der Waals surface area contributed by atoms with Gasteiger partial charge in [-0.05, 0) is 48.2 Å². The van der Waals surface area contributed by atoms with Crippen LogP contribution in [0.2, 0.25) is 0 Å². The van der Waals surface area contributed by atoms with Crippen molar-refractivity contribution >= 4 is 23.3 Å². The van der Waals surface area contributed by atoms with E-state index in [1.807, 2.05) is 13.8 Å². The molecule has 0 fully saturated rings. The Labute approximate surface area is 322 Å². The first kappa shape index (κ1) is 51.9. The molecule has 0 atom stereocenters. The molecule has 0 saturated carbocycles. The number of aromatic carboxylic acids is 2. The second kappa shape index (κ2) is 32.5. The first-order chi connectivity index (χ1) is 23.9. The van der Waals surface area contributed by atoms with E-state index < -0.39 is 22.8 Å². The number of anilines is 2. The van der Waals surface area contributed by atoms with E-state index in [-0.39, 0.29) is 50.5 Å². The number of hydrogen-bond donors (Lipinski definition) is 2. The summed E-state index contributed by atoms with van der Waals surface area (Å²) in [5, 5.41) is 42.6. The molecule has 2 aromatic rings. The van der Waals surface area contributed by atoms with Gasteiger partial charge in [0.1, 0.15) is 0 Å². The summed E-state index contributed by atoms with van der Waals surface area (Å²) in [5.74, 6) is -2.36. The van der Waals surface area contributed by atoms with Crippen LogP contribution in [-0.2, 0) is 45.2 Å². The van der Waals surface area contributed by atoms with Crippen molar-refractivity contribution in [1.82, 2.24) is 0 Å². The summed E-state index contributed by atoms with van der Waals surface area (Å²) in [5.41, 5.74) is 11.2. The van der Waals surface area contributed by atoms with E-state index in [2.05, 4.69) is 26.3 Å². The number of rotatable bonds is 22. The van der Waals surface area contributed by atoms with Gasteiger partial charge in [-0.25, -0.2) is 0 Å². The summed E-state index contributed by atoms with van der Waals surface area (Å²) < 4.78 is 21.3. The fourth-order valence-electron chi connectivity index (χ4n) is 3.54. The molecule has 0 aliphatic rings. The van der Waals surface area contributed by atoms with Crippen LogP contribution in [0.25, 0.3) is 0 Å². The Kier molecular flexibility index (Phi) is 33.1. The molecule has 0 heterocycles. The Morgan fingerprint density at radius 1 is 0.588 bits per heavy atom. The van der Waals surface area contributed by atoms with Crippen molar-refractivity contribution in [3.8, 4) is 0 Å². The maximum absolute atomic E-state index is 11.2. The molecule has 0 saturated heterocycles. The summed E-state index contributed by atoms with van der Waals surface area (Å²) in [4.78, 5) is 20.3. The molecule has 2 aromatic carbocycles. The number of carboxylic acid groups (broad SMARTS) is 2. The molecule has 13 heteroatoms. The van der Waals surface area contributed by atoms with Crippen molar-refractivity contribution < 1.29 is 75.2 Å². The zero-order valence-corrected chi connectivity index (χ0v) is 32.4. The van der Waals surface area contributed by atoms with Crippen LogP contribution in [0.4, 0.5) is 11.4 Å². The van der Waals surface area contributed by atoms with E-state index in [0.717, 1.165) is 12.8 Å². The molecule has 0 aliphatic heterocycles. The predicted octanol–water partition coefficient (Wildman–Crippen LogP) is 1.56. The third kappa shape index (κ3) is 25.2. The normalized spacial score (nSPS) is 10.3. The third-order valence-electron chi connectivity index (χ3n) is 6.98. The van der Waals surface area contributed by atoms with Crippen molar-refractivity contribution in [3.05, 3.63) is 110 Å². The van der Waals surface area contributed by atoms with Gasteiger partial charge in [0.2, 0.25) is 0 Å². The zero-order chi connectivity index (χ0) is 38.3. The summed E-state index contributed by atoms with van der Waals surface area (Å²) in [6, 6.07) is 11.7.